The summed E-state index contributed by atoms with van der Waals surface area (Å²) in [6.07, 6.45) is 1.44. The van der Waals surface area contributed by atoms with E-state index in [2.05, 4.69) is 5.32 Å². The normalized spacial score (nSPS) is 14.1. The number of anilines is 2. The molecule has 1 heterocycles. The zero-order valence-electron chi connectivity index (χ0n) is 14.7. The molecule has 26 heavy (non-hydrogen) atoms. The maximum atomic E-state index is 12.9. The van der Waals surface area contributed by atoms with E-state index in [1.54, 1.807) is 17.0 Å². The van der Waals surface area contributed by atoms with Gasteiger partial charge in [-0.15, -0.1) is 0 Å². The van der Waals surface area contributed by atoms with Gasteiger partial charge in [0.1, 0.15) is 5.82 Å². The molecule has 136 valence electrons. The molecule has 1 fully saturated rings. The molecule has 6 heteroatoms. The van der Waals surface area contributed by atoms with Gasteiger partial charge in [-0.3, -0.25) is 14.5 Å². The summed E-state index contributed by atoms with van der Waals surface area (Å²) in [4.78, 5) is 27.7. The van der Waals surface area contributed by atoms with Crippen LogP contribution in [0.15, 0.2) is 48.5 Å². The fourth-order valence-corrected chi connectivity index (χ4v) is 3.08. The topological polar surface area (TPSA) is 52.7 Å². The standard InChI is InChI=1S/C20H22FN3O2/c1-23(13-15-7-9-16(21)10-8-15)14-19(25)22-17-4-2-5-18(12-17)24-11-3-6-20(24)26/h2,4-5,7-10,12H,3,6,11,13-14H2,1H3,(H,22,25). The van der Waals surface area contributed by atoms with Crippen LogP contribution in [0.1, 0.15) is 18.4 Å². The molecule has 1 saturated heterocycles. The van der Waals surface area contributed by atoms with Gasteiger partial charge in [-0.1, -0.05) is 18.2 Å². The van der Waals surface area contributed by atoms with Crippen LogP contribution in [0.4, 0.5) is 15.8 Å². The van der Waals surface area contributed by atoms with Crippen LogP contribution in [-0.2, 0) is 16.1 Å². The average Bonchev–Trinajstić information content (AvgIpc) is 3.03. The van der Waals surface area contributed by atoms with Crippen molar-refractivity contribution in [3.8, 4) is 0 Å². The van der Waals surface area contributed by atoms with Crippen molar-refractivity contribution in [2.45, 2.75) is 19.4 Å². The number of hydrogen-bond acceptors (Lipinski definition) is 3. The molecule has 2 amide bonds. The van der Waals surface area contributed by atoms with E-state index in [0.717, 1.165) is 24.2 Å². The minimum absolute atomic E-state index is 0.118. The Morgan fingerprint density at radius 2 is 2.00 bits per heavy atom. The van der Waals surface area contributed by atoms with Crippen LogP contribution in [0, 0.1) is 5.82 Å². The molecule has 0 spiro atoms. The Bertz CT molecular complexity index is 792. The van der Waals surface area contributed by atoms with E-state index in [0.29, 0.717) is 18.7 Å². The van der Waals surface area contributed by atoms with E-state index in [4.69, 9.17) is 0 Å². The first-order chi connectivity index (χ1) is 12.5. The molecule has 0 aliphatic carbocycles. The van der Waals surface area contributed by atoms with Crippen LogP contribution in [0.3, 0.4) is 0 Å². The van der Waals surface area contributed by atoms with Gasteiger partial charge in [-0.25, -0.2) is 4.39 Å². The van der Waals surface area contributed by atoms with E-state index in [1.165, 1.54) is 12.1 Å². The highest BCUT2D eigenvalue weighted by Gasteiger charge is 2.21. The first-order valence-corrected chi connectivity index (χ1v) is 8.64. The second-order valence-electron chi connectivity index (χ2n) is 6.55. The zero-order valence-corrected chi connectivity index (χ0v) is 14.7. The molecule has 1 aliphatic rings. The summed E-state index contributed by atoms with van der Waals surface area (Å²) in [6.45, 7) is 1.48. The van der Waals surface area contributed by atoms with Gasteiger partial charge >= 0.3 is 0 Å². The molecule has 5 nitrogen and oxygen atoms in total. The highest BCUT2D eigenvalue weighted by molar-refractivity contribution is 5.97. The van der Waals surface area contributed by atoms with Crippen LogP contribution in [0.25, 0.3) is 0 Å². The molecule has 2 aromatic rings. The van der Waals surface area contributed by atoms with E-state index in [1.807, 2.05) is 36.2 Å². The van der Waals surface area contributed by atoms with Crippen molar-refractivity contribution in [2.75, 3.05) is 30.4 Å². The highest BCUT2D eigenvalue weighted by Crippen LogP contribution is 2.24. The fourth-order valence-electron chi connectivity index (χ4n) is 3.08. The predicted octanol–water partition coefficient (Wildman–Crippen LogP) is 3.02. The highest BCUT2D eigenvalue weighted by atomic mass is 19.1. The number of carbonyl (C=O) groups is 2. The van der Waals surface area contributed by atoms with Crippen molar-refractivity contribution in [1.82, 2.24) is 4.90 Å². The Balaban J connectivity index is 1.56. The Hall–Kier alpha value is -2.73. The third kappa shape index (κ3) is 4.67. The first-order valence-electron chi connectivity index (χ1n) is 8.64. The van der Waals surface area contributed by atoms with Gasteiger partial charge in [-0.2, -0.15) is 0 Å². The molecular formula is C20H22FN3O2. The molecule has 0 bridgehead atoms. The van der Waals surface area contributed by atoms with Crippen LogP contribution in [-0.4, -0.2) is 36.9 Å². The summed E-state index contributed by atoms with van der Waals surface area (Å²) >= 11 is 0. The van der Waals surface area contributed by atoms with Crippen molar-refractivity contribution in [3.63, 3.8) is 0 Å². The summed E-state index contributed by atoms with van der Waals surface area (Å²) in [5, 5.41) is 2.87. The van der Waals surface area contributed by atoms with Gasteiger partial charge < -0.3 is 10.2 Å². The number of halogens is 1. The number of hydrogen-bond donors (Lipinski definition) is 1. The Morgan fingerprint density at radius 1 is 1.23 bits per heavy atom. The lowest BCUT2D eigenvalue weighted by molar-refractivity contribution is -0.117. The monoisotopic (exact) mass is 355 g/mol. The number of benzene rings is 2. The second kappa shape index (κ2) is 8.10. The van der Waals surface area contributed by atoms with Gasteiger partial charge in [0.25, 0.3) is 0 Å². The molecule has 2 aromatic carbocycles. The van der Waals surface area contributed by atoms with Crippen LogP contribution < -0.4 is 10.2 Å². The van der Waals surface area contributed by atoms with E-state index in [9.17, 15) is 14.0 Å². The first kappa shape index (κ1) is 18.1. The van der Waals surface area contributed by atoms with Crippen molar-refractivity contribution in [2.24, 2.45) is 0 Å². The molecule has 0 aromatic heterocycles. The molecule has 3 rings (SSSR count). The summed E-state index contributed by atoms with van der Waals surface area (Å²) in [5.41, 5.74) is 2.42. The van der Waals surface area contributed by atoms with Crippen molar-refractivity contribution in [3.05, 3.63) is 59.9 Å². The summed E-state index contributed by atoms with van der Waals surface area (Å²) < 4.78 is 12.9. The SMILES string of the molecule is CN(CC(=O)Nc1cccc(N2CCCC2=O)c1)Cc1ccc(F)cc1. The molecule has 1 aliphatic heterocycles. The quantitative estimate of drug-likeness (QED) is 0.867. The number of carbonyl (C=O) groups excluding carboxylic acids is 2. The number of likely N-dealkylation sites (N-methyl/N-ethyl adjacent to an activating group) is 1. The number of nitrogens with one attached hydrogen (secondary N) is 1. The molecule has 0 radical (unpaired) electrons. The zero-order chi connectivity index (χ0) is 18.5. The molecular weight excluding hydrogens is 333 g/mol. The summed E-state index contributed by atoms with van der Waals surface area (Å²) in [7, 11) is 1.84. The van der Waals surface area contributed by atoms with Gasteiger partial charge in [0.05, 0.1) is 6.54 Å². The van der Waals surface area contributed by atoms with Gasteiger partial charge in [0, 0.05) is 30.9 Å². The van der Waals surface area contributed by atoms with E-state index in [-0.39, 0.29) is 24.2 Å². The molecule has 0 saturated carbocycles. The Kier molecular flexibility index (Phi) is 5.63. The van der Waals surface area contributed by atoms with Crippen molar-refractivity contribution >= 4 is 23.2 Å². The third-order valence-corrected chi connectivity index (χ3v) is 4.29. The lowest BCUT2D eigenvalue weighted by Gasteiger charge is -2.18. The van der Waals surface area contributed by atoms with Gasteiger partial charge in [-0.05, 0) is 49.4 Å². The summed E-state index contributed by atoms with van der Waals surface area (Å²) in [5.74, 6) is -0.294. The van der Waals surface area contributed by atoms with Crippen molar-refractivity contribution < 1.29 is 14.0 Å². The molecule has 1 N–H and O–H groups in total. The van der Waals surface area contributed by atoms with E-state index < -0.39 is 0 Å². The Labute approximate surface area is 152 Å². The minimum atomic E-state index is -0.273. The lowest BCUT2D eigenvalue weighted by Crippen LogP contribution is -2.30. The maximum absolute atomic E-state index is 12.9. The third-order valence-electron chi connectivity index (χ3n) is 4.29. The predicted molar refractivity (Wildman–Crippen MR) is 99.4 cm³/mol. The van der Waals surface area contributed by atoms with Gasteiger partial charge in [0.2, 0.25) is 11.8 Å². The molecule has 0 unspecified atom stereocenters. The number of rotatable bonds is 6. The molecule has 0 atom stereocenters. The van der Waals surface area contributed by atoms with E-state index >= 15 is 0 Å². The van der Waals surface area contributed by atoms with Crippen LogP contribution >= 0.6 is 0 Å². The smallest absolute Gasteiger partial charge is 0.238 e. The largest absolute Gasteiger partial charge is 0.325 e. The fraction of sp³-hybridized carbons (Fsp3) is 0.300. The summed E-state index contributed by atoms with van der Waals surface area (Å²) in [6, 6.07) is 13.6. The minimum Gasteiger partial charge on any atom is -0.325 e. The number of amides is 2. The lowest BCUT2D eigenvalue weighted by atomic mass is 10.2. The maximum Gasteiger partial charge on any atom is 0.238 e. The van der Waals surface area contributed by atoms with Crippen molar-refractivity contribution in [1.29, 1.82) is 0 Å². The van der Waals surface area contributed by atoms with Crippen LogP contribution in [0.2, 0.25) is 0 Å². The van der Waals surface area contributed by atoms with Gasteiger partial charge in [0.15, 0.2) is 0 Å². The average molecular weight is 355 g/mol. The number of nitrogens with zero attached hydrogens (tertiary/aromatic N) is 2. The Morgan fingerprint density at radius 3 is 2.69 bits per heavy atom. The van der Waals surface area contributed by atoms with Crippen LogP contribution in [0.5, 0.6) is 0 Å². The second-order valence-corrected chi connectivity index (χ2v) is 6.55.